The number of rotatable bonds is 5. The largest absolute Gasteiger partial charge is 0.316 e. The Kier molecular flexibility index (Phi) is 4.95. The number of aromatic nitrogens is 4. The highest BCUT2D eigenvalue weighted by atomic mass is 32.2. The molecule has 0 aliphatic heterocycles. The third kappa shape index (κ3) is 3.39. The van der Waals surface area contributed by atoms with Crippen LogP contribution in [0.2, 0.25) is 0 Å². The number of amides is 1. The molecule has 1 aliphatic carbocycles. The Hall–Kier alpha value is -1.89. The Morgan fingerprint density at radius 3 is 3.00 bits per heavy atom. The number of carbonyl (C=O) groups excluding carboxylic acids is 1. The van der Waals surface area contributed by atoms with Crippen molar-refractivity contribution in [1.82, 2.24) is 24.6 Å². The van der Waals surface area contributed by atoms with Gasteiger partial charge in [-0.1, -0.05) is 17.8 Å². The van der Waals surface area contributed by atoms with Crippen molar-refractivity contribution in [3.8, 4) is 0 Å². The second-order valence-corrected chi connectivity index (χ2v) is 6.52. The number of hydrogen-bond donors (Lipinski definition) is 0. The van der Waals surface area contributed by atoms with E-state index in [0.717, 1.165) is 35.4 Å². The van der Waals surface area contributed by atoms with Crippen LogP contribution in [-0.2, 0) is 11.8 Å². The molecule has 1 aliphatic rings. The van der Waals surface area contributed by atoms with Gasteiger partial charge in [0, 0.05) is 19.3 Å². The zero-order valence-electron chi connectivity index (χ0n) is 13.5. The Morgan fingerprint density at radius 2 is 2.26 bits per heavy atom. The lowest BCUT2D eigenvalue weighted by Crippen LogP contribution is -2.32. The van der Waals surface area contributed by atoms with Crippen LogP contribution in [0.25, 0.3) is 11.0 Å². The van der Waals surface area contributed by atoms with Crippen LogP contribution in [0.5, 0.6) is 0 Å². The zero-order valence-corrected chi connectivity index (χ0v) is 14.3. The first-order valence-electron chi connectivity index (χ1n) is 7.95. The highest BCUT2D eigenvalue weighted by molar-refractivity contribution is 8.00. The molecule has 2 aromatic rings. The Bertz CT molecular complexity index is 739. The molecule has 1 amide bonds. The fourth-order valence-corrected chi connectivity index (χ4v) is 3.71. The van der Waals surface area contributed by atoms with E-state index in [0.29, 0.717) is 5.75 Å². The van der Waals surface area contributed by atoms with Gasteiger partial charge < -0.3 is 4.90 Å². The minimum absolute atomic E-state index is 0.140. The molecule has 2 heterocycles. The Balaban J connectivity index is 1.71. The molecule has 0 N–H and O–H groups in total. The fraction of sp³-hybridized carbons (Fsp3) is 0.500. The highest BCUT2D eigenvalue weighted by Gasteiger charge is 2.19. The molecule has 0 radical (unpaired) electrons. The first-order chi connectivity index (χ1) is 11.2. The lowest BCUT2D eigenvalue weighted by Gasteiger charge is -2.26. The van der Waals surface area contributed by atoms with Gasteiger partial charge in [-0.25, -0.2) is 9.97 Å². The molecule has 0 atom stereocenters. The summed E-state index contributed by atoms with van der Waals surface area (Å²) in [6.07, 6.45) is 9.97. The van der Waals surface area contributed by atoms with Crippen molar-refractivity contribution in [2.75, 3.05) is 12.3 Å². The summed E-state index contributed by atoms with van der Waals surface area (Å²) in [5.41, 5.74) is 1.97. The van der Waals surface area contributed by atoms with Crippen molar-refractivity contribution in [3.05, 3.63) is 24.3 Å². The monoisotopic (exact) mass is 331 g/mol. The maximum Gasteiger partial charge on any atom is 0.237 e. The summed E-state index contributed by atoms with van der Waals surface area (Å²) in [6.45, 7) is 2.75. The average Bonchev–Trinajstić information content (AvgIpc) is 2.97. The molecule has 0 spiro atoms. The van der Waals surface area contributed by atoms with Gasteiger partial charge in [-0.3, -0.25) is 9.48 Å². The zero-order chi connectivity index (χ0) is 16.2. The topological polar surface area (TPSA) is 63.9 Å². The smallest absolute Gasteiger partial charge is 0.237 e. The molecule has 0 fully saturated rings. The number of thioether (sulfide) groups is 1. The number of carbonyl (C=O) groups is 1. The lowest BCUT2D eigenvalue weighted by atomic mass is 10.0. The standard InChI is InChI=1S/C16H21N5OS/c1-3-21(12-7-5-4-6-8-12)14(22)10-23-16-13-9-19-20(2)15(13)17-11-18-16/h7,9,11H,3-6,8,10H2,1-2H3. The number of nitrogens with zero attached hydrogens (tertiary/aromatic N) is 5. The predicted molar refractivity (Wildman–Crippen MR) is 91.0 cm³/mol. The van der Waals surface area contributed by atoms with Crippen LogP contribution in [0.4, 0.5) is 0 Å². The van der Waals surface area contributed by atoms with Gasteiger partial charge in [0.05, 0.1) is 17.3 Å². The van der Waals surface area contributed by atoms with Crippen molar-refractivity contribution in [2.45, 2.75) is 37.6 Å². The summed E-state index contributed by atoms with van der Waals surface area (Å²) in [5, 5.41) is 5.91. The van der Waals surface area contributed by atoms with Crippen LogP contribution in [0.3, 0.4) is 0 Å². The van der Waals surface area contributed by atoms with E-state index in [1.54, 1.807) is 10.9 Å². The summed E-state index contributed by atoms with van der Waals surface area (Å²) in [7, 11) is 1.85. The van der Waals surface area contributed by atoms with Crippen molar-refractivity contribution < 1.29 is 4.79 Å². The normalized spacial score (nSPS) is 14.8. The van der Waals surface area contributed by atoms with E-state index < -0.39 is 0 Å². The number of aryl methyl sites for hydroxylation is 1. The van der Waals surface area contributed by atoms with Crippen LogP contribution in [0.1, 0.15) is 32.6 Å². The van der Waals surface area contributed by atoms with E-state index in [1.165, 1.54) is 36.6 Å². The predicted octanol–water partition coefficient (Wildman–Crippen LogP) is 2.76. The molecule has 122 valence electrons. The summed E-state index contributed by atoms with van der Waals surface area (Å²) in [5.74, 6) is 0.521. The average molecular weight is 331 g/mol. The van der Waals surface area contributed by atoms with E-state index >= 15 is 0 Å². The number of fused-ring (bicyclic) bond motifs is 1. The van der Waals surface area contributed by atoms with Gasteiger partial charge in [0.1, 0.15) is 11.4 Å². The van der Waals surface area contributed by atoms with Gasteiger partial charge in [-0.2, -0.15) is 5.10 Å². The molecule has 6 nitrogen and oxygen atoms in total. The molecule has 0 bridgehead atoms. The first kappa shape index (κ1) is 16.0. The Labute approximate surface area is 140 Å². The first-order valence-corrected chi connectivity index (χ1v) is 8.94. The van der Waals surface area contributed by atoms with Gasteiger partial charge in [-0.15, -0.1) is 0 Å². The molecule has 3 rings (SSSR count). The second kappa shape index (κ2) is 7.12. The van der Waals surface area contributed by atoms with E-state index in [9.17, 15) is 4.79 Å². The SMILES string of the molecule is CCN(C(=O)CSc1ncnc2c1cnn2C)C1=CCCCC1. The van der Waals surface area contributed by atoms with Crippen molar-refractivity contribution in [1.29, 1.82) is 0 Å². The summed E-state index contributed by atoms with van der Waals surface area (Å²) < 4.78 is 1.72. The molecular formula is C16H21N5OS. The fourth-order valence-electron chi connectivity index (χ4n) is 2.87. The summed E-state index contributed by atoms with van der Waals surface area (Å²) in [4.78, 5) is 23.0. The summed E-state index contributed by atoms with van der Waals surface area (Å²) >= 11 is 1.46. The molecule has 2 aromatic heterocycles. The third-order valence-corrected chi connectivity index (χ3v) is 5.05. The number of hydrogen-bond acceptors (Lipinski definition) is 5. The minimum Gasteiger partial charge on any atom is -0.316 e. The van der Waals surface area contributed by atoms with Gasteiger partial charge in [-0.05, 0) is 32.6 Å². The molecule has 0 aromatic carbocycles. The van der Waals surface area contributed by atoms with E-state index in [4.69, 9.17) is 0 Å². The van der Waals surface area contributed by atoms with Crippen LogP contribution in [0, 0.1) is 0 Å². The summed E-state index contributed by atoms with van der Waals surface area (Å²) in [6, 6.07) is 0. The second-order valence-electron chi connectivity index (χ2n) is 5.55. The third-order valence-electron chi connectivity index (χ3n) is 4.06. The highest BCUT2D eigenvalue weighted by Crippen LogP contribution is 2.26. The van der Waals surface area contributed by atoms with Crippen molar-refractivity contribution in [3.63, 3.8) is 0 Å². The van der Waals surface area contributed by atoms with E-state index in [-0.39, 0.29) is 5.91 Å². The molecule has 0 saturated carbocycles. The van der Waals surface area contributed by atoms with Crippen LogP contribution < -0.4 is 0 Å². The maximum atomic E-state index is 12.6. The van der Waals surface area contributed by atoms with Gasteiger partial charge in [0.2, 0.25) is 5.91 Å². The van der Waals surface area contributed by atoms with Gasteiger partial charge >= 0.3 is 0 Å². The van der Waals surface area contributed by atoms with Crippen LogP contribution >= 0.6 is 11.8 Å². The van der Waals surface area contributed by atoms with Crippen molar-refractivity contribution in [2.24, 2.45) is 7.05 Å². The van der Waals surface area contributed by atoms with Crippen LogP contribution in [0.15, 0.2) is 29.3 Å². The molecule has 0 unspecified atom stereocenters. The number of allylic oxidation sites excluding steroid dienone is 2. The van der Waals surface area contributed by atoms with E-state index in [1.807, 2.05) is 18.9 Å². The Morgan fingerprint density at radius 1 is 1.39 bits per heavy atom. The molecule has 0 saturated heterocycles. The minimum atomic E-state index is 0.140. The maximum absolute atomic E-state index is 12.6. The molecule has 7 heteroatoms. The van der Waals surface area contributed by atoms with Crippen LogP contribution in [-0.4, -0.2) is 42.9 Å². The molecular weight excluding hydrogens is 310 g/mol. The van der Waals surface area contributed by atoms with Crippen molar-refractivity contribution >= 4 is 28.7 Å². The van der Waals surface area contributed by atoms with E-state index in [2.05, 4.69) is 21.1 Å². The molecule has 23 heavy (non-hydrogen) atoms. The lowest BCUT2D eigenvalue weighted by molar-refractivity contribution is -0.126. The van der Waals surface area contributed by atoms with Gasteiger partial charge in [0.25, 0.3) is 0 Å². The van der Waals surface area contributed by atoms with Gasteiger partial charge in [0.15, 0.2) is 5.65 Å². The quantitative estimate of drug-likeness (QED) is 0.623.